The molecule has 0 aliphatic heterocycles. The second-order valence-electron chi connectivity index (χ2n) is 9.54. The summed E-state index contributed by atoms with van der Waals surface area (Å²) in [5.41, 5.74) is 6.13. The average Bonchev–Trinajstić information content (AvgIpc) is 3.37. The molecule has 0 aliphatic rings. The fourth-order valence-electron chi connectivity index (χ4n) is 5.34. The second kappa shape index (κ2) is 9.15. The number of phenols is 1. The molecule has 2 aromatic heterocycles. The van der Waals surface area contributed by atoms with E-state index in [1.807, 2.05) is 66.7 Å². The Morgan fingerprint density at radius 1 is 0.718 bits per heavy atom. The third kappa shape index (κ3) is 3.88. The van der Waals surface area contributed by atoms with Crippen molar-refractivity contribution in [1.82, 2.24) is 9.97 Å². The molecule has 7 rings (SSSR count). The van der Waals surface area contributed by atoms with Crippen molar-refractivity contribution in [1.29, 1.82) is 5.41 Å². The van der Waals surface area contributed by atoms with Crippen molar-refractivity contribution in [3.8, 4) is 17.0 Å². The Balaban J connectivity index is 1.34. The molecule has 0 spiro atoms. The Morgan fingerprint density at radius 3 is 2.36 bits per heavy atom. The second-order valence-corrected chi connectivity index (χ2v) is 9.54. The van der Waals surface area contributed by atoms with Crippen molar-refractivity contribution in [2.24, 2.45) is 0 Å². The molecule has 5 aromatic carbocycles. The number of pyridine rings is 1. The van der Waals surface area contributed by atoms with Gasteiger partial charge in [0, 0.05) is 38.7 Å². The number of para-hydroxylation sites is 3. The van der Waals surface area contributed by atoms with Gasteiger partial charge in [-0.1, -0.05) is 78.9 Å². The fourth-order valence-corrected chi connectivity index (χ4v) is 5.34. The monoisotopic (exact) mass is 504 g/mol. The minimum atomic E-state index is 0.183. The smallest absolute Gasteiger partial charge is 0.131 e. The first kappa shape index (κ1) is 22.8. The van der Waals surface area contributed by atoms with Gasteiger partial charge in [-0.3, -0.25) is 5.41 Å². The third-order valence-corrected chi connectivity index (χ3v) is 7.16. The number of fused-ring (bicyclic) bond motifs is 5. The van der Waals surface area contributed by atoms with Gasteiger partial charge in [-0.15, -0.1) is 0 Å². The minimum absolute atomic E-state index is 0.183. The van der Waals surface area contributed by atoms with E-state index in [1.54, 1.807) is 12.1 Å². The molecule has 5 heteroatoms. The Kier molecular flexibility index (Phi) is 5.34. The number of hydrogen-bond acceptors (Lipinski definition) is 4. The van der Waals surface area contributed by atoms with Crippen LogP contribution in [0.3, 0.4) is 0 Å². The summed E-state index contributed by atoms with van der Waals surface area (Å²) in [6.45, 7) is 0. The first-order valence-corrected chi connectivity index (χ1v) is 12.8. The fraction of sp³-hybridized carbons (Fsp3) is 0. The van der Waals surface area contributed by atoms with E-state index in [2.05, 4.69) is 52.8 Å². The molecule has 39 heavy (non-hydrogen) atoms. The lowest BCUT2D eigenvalue weighted by molar-refractivity contribution is 0.477. The number of anilines is 2. The summed E-state index contributed by atoms with van der Waals surface area (Å²) in [5.74, 6) is 0.813. The van der Waals surface area contributed by atoms with Crippen molar-refractivity contribution in [2.45, 2.75) is 0 Å². The first-order valence-electron chi connectivity index (χ1n) is 12.8. The summed E-state index contributed by atoms with van der Waals surface area (Å²) >= 11 is 0. The summed E-state index contributed by atoms with van der Waals surface area (Å²) < 4.78 is 0. The normalized spacial score (nSPS) is 11.3. The summed E-state index contributed by atoms with van der Waals surface area (Å²) in [6, 6.07) is 39.4. The number of benzene rings is 5. The van der Waals surface area contributed by atoms with Gasteiger partial charge < -0.3 is 15.4 Å². The van der Waals surface area contributed by atoms with Crippen LogP contribution in [-0.2, 0) is 0 Å². The van der Waals surface area contributed by atoms with E-state index in [0.29, 0.717) is 22.8 Å². The van der Waals surface area contributed by atoms with Gasteiger partial charge in [0.25, 0.3) is 0 Å². The highest BCUT2D eigenvalue weighted by molar-refractivity contribution is 6.29. The van der Waals surface area contributed by atoms with Gasteiger partial charge in [0.15, 0.2) is 0 Å². The molecule has 0 bridgehead atoms. The molecule has 0 fully saturated rings. The van der Waals surface area contributed by atoms with Crippen molar-refractivity contribution < 1.29 is 5.11 Å². The van der Waals surface area contributed by atoms with Gasteiger partial charge in [-0.05, 0) is 53.2 Å². The predicted molar refractivity (Wildman–Crippen MR) is 160 cm³/mol. The van der Waals surface area contributed by atoms with E-state index in [1.165, 1.54) is 0 Å². The van der Waals surface area contributed by atoms with E-state index in [0.717, 1.165) is 49.4 Å². The molecular formula is C34H24N4O. The van der Waals surface area contributed by atoms with Crippen LogP contribution in [0, 0.1) is 5.41 Å². The van der Waals surface area contributed by atoms with Crippen LogP contribution >= 0.6 is 0 Å². The van der Waals surface area contributed by atoms with E-state index >= 15 is 0 Å². The zero-order valence-corrected chi connectivity index (χ0v) is 20.9. The number of aromatic nitrogens is 2. The average molecular weight is 505 g/mol. The van der Waals surface area contributed by atoms with E-state index in [-0.39, 0.29) is 5.75 Å². The molecule has 2 heterocycles. The molecule has 4 N–H and O–H groups in total. The Hall–Kier alpha value is -5.42. The summed E-state index contributed by atoms with van der Waals surface area (Å²) in [7, 11) is 0. The number of rotatable bonds is 5. The highest BCUT2D eigenvalue weighted by atomic mass is 16.3. The topological polar surface area (TPSA) is 84.8 Å². The maximum absolute atomic E-state index is 10.3. The van der Waals surface area contributed by atoms with Crippen molar-refractivity contribution in [3.05, 3.63) is 132 Å². The van der Waals surface area contributed by atoms with E-state index in [9.17, 15) is 10.5 Å². The van der Waals surface area contributed by atoms with E-state index < -0.39 is 0 Å². The summed E-state index contributed by atoms with van der Waals surface area (Å²) in [6.07, 6.45) is 0. The Labute approximate surface area is 224 Å². The summed E-state index contributed by atoms with van der Waals surface area (Å²) in [4.78, 5) is 8.34. The molecular weight excluding hydrogens is 480 g/mol. The molecule has 0 radical (unpaired) electrons. The maximum Gasteiger partial charge on any atom is 0.131 e. The molecule has 0 amide bonds. The van der Waals surface area contributed by atoms with Crippen LogP contribution < -0.4 is 5.32 Å². The van der Waals surface area contributed by atoms with Crippen LogP contribution in [0.5, 0.6) is 5.75 Å². The molecule has 0 atom stereocenters. The first-order chi connectivity index (χ1) is 19.2. The maximum atomic E-state index is 10.3. The van der Waals surface area contributed by atoms with Crippen LogP contribution in [0.15, 0.2) is 121 Å². The highest BCUT2D eigenvalue weighted by Crippen LogP contribution is 2.36. The van der Waals surface area contributed by atoms with Crippen LogP contribution in [0.25, 0.3) is 43.8 Å². The minimum Gasteiger partial charge on any atom is -0.507 e. The van der Waals surface area contributed by atoms with Gasteiger partial charge in [-0.2, -0.15) is 0 Å². The Morgan fingerprint density at radius 2 is 1.46 bits per heavy atom. The van der Waals surface area contributed by atoms with Gasteiger partial charge >= 0.3 is 0 Å². The van der Waals surface area contributed by atoms with Crippen LogP contribution in [0.2, 0.25) is 0 Å². The molecule has 5 nitrogen and oxygen atoms in total. The van der Waals surface area contributed by atoms with Crippen molar-refractivity contribution in [3.63, 3.8) is 0 Å². The molecule has 0 saturated carbocycles. The lowest BCUT2D eigenvalue weighted by atomic mass is 9.94. The standard InChI is InChI=1S/C34H24N4O/c35-33(26-20-21-10-1-2-11-22(21)32-24-13-3-6-15-28(24)38-34(26)32)25-14-4-7-16-29(25)37-31-19-9-17-27(36-31)23-12-5-8-18-30(23)39/h1-20,35,38-39H,(H,36,37). The molecule has 186 valence electrons. The Bertz CT molecular complexity index is 2040. The molecule has 7 aromatic rings. The number of hydrogen-bond donors (Lipinski definition) is 4. The largest absolute Gasteiger partial charge is 0.507 e. The predicted octanol–water partition coefficient (Wildman–Crippen LogP) is 8.40. The summed E-state index contributed by atoms with van der Waals surface area (Å²) in [5, 5.41) is 27.7. The number of aromatic hydroxyl groups is 1. The zero-order valence-electron chi connectivity index (χ0n) is 20.9. The SMILES string of the molecule is N=C(c1ccccc1Nc1cccc(-c2ccccc2O)n1)c1cc2ccccc2c2c1[nH]c1ccccc12. The van der Waals surface area contributed by atoms with Crippen molar-refractivity contribution in [2.75, 3.05) is 5.32 Å². The number of nitrogens with one attached hydrogen (secondary N) is 3. The van der Waals surface area contributed by atoms with Gasteiger partial charge in [-0.25, -0.2) is 4.98 Å². The number of phenolic OH excluding ortho intramolecular Hbond substituents is 1. The number of nitrogens with zero attached hydrogens (tertiary/aromatic N) is 1. The van der Waals surface area contributed by atoms with E-state index in [4.69, 9.17) is 4.98 Å². The quantitative estimate of drug-likeness (QED) is 0.178. The third-order valence-electron chi connectivity index (χ3n) is 7.16. The van der Waals surface area contributed by atoms with Crippen LogP contribution in [0.4, 0.5) is 11.5 Å². The highest BCUT2D eigenvalue weighted by Gasteiger charge is 2.18. The zero-order chi connectivity index (χ0) is 26.3. The lowest BCUT2D eigenvalue weighted by Crippen LogP contribution is -2.07. The van der Waals surface area contributed by atoms with Gasteiger partial charge in [0.05, 0.1) is 16.9 Å². The van der Waals surface area contributed by atoms with Crippen molar-refractivity contribution >= 4 is 49.8 Å². The molecule has 0 unspecified atom stereocenters. The lowest BCUT2D eigenvalue weighted by Gasteiger charge is -2.15. The van der Waals surface area contributed by atoms with Crippen LogP contribution in [0.1, 0.15) is 11.1 Å². The molecule has 0 aliphatic carbocycles. The molecule has 0 saturated heterocycles. The van der Waals surface area contributed by atoms with Crippen LogP contribution in [-0.4, -0.2) is 20.8 Å². The van der Waals surface area contributed by atoms with Gasteiger partial charge in [0.1, 0.15) is 11.6 Å². The number of H-pyrrole nitrogens is 1. The van der Waals surface area contributed by atoms with Gasteiger partial charge in [0.2, 0.25) is 0 Å². The number of aromatic amines is 1.